The van der Waals surface area contributed by atoms with Crippen molar-refractivity contribution < 1.29 is 48.2 Å². The maximum Gasteiger partial charge on any atom is 0.475 e. The lowest BCUT2D eigenvalue weighted by molar-refractivity contribution is -0.158. The van der Waals surface area contributed by atoms with E-state index in [0.29, 0.717) is 12.0 Å². The highest BCUT2D eigenvalue weighted by atomic mass is 16.6. The Balaban J connectivity index is 1.98. The van der Waals surface area contributed by atoms with Gasteiger partial charge in [0.05, 0.1) is 13.1 Å². The lowest BCUT2D eigenvalue weighted by Gasteiger charge is -2.33. The Labute approximate surface area is 291 Å². The van der Waals surface area contributed by atoms with Gasteiger partial charge in [0.25, 0.3) is 0 Å². The van der Waals surface area contributed by atoms with Crippen LogP contribution in [0.3, 0.4) is 0 Å². The molecule has 0 bridgehead atoms. The largest absolute Gasteiger partial charge is 0.496 e. The minimum atomic E-state index is -1.85. The van der Waals surface area contributed by atoms with Crippen molar-refractivity contribution in [3.05, 3.63) is 29.3 Å². The molecular formula is C35H58BN3O10. The van der Waals surface area contributed by atoms with Crippen molar-refractivity contribution in [2.45, 2.75) is 142 Å². The van der Waals surface area contributed by atoms with Crippen molar-refractivity contribution in [3.8, 4) is 5.75 Å². The molecule has 2 atom stereocenters. The van der Waals surface area contributed by atoms with Crippen LogP contribution in [0.1, 0.15) is 117 Å². The topological polar surface area (TPSA) is 182 Å². The summed E-state index contributed by atoms with van der Waals surface area (Å²) in [5.74, 6) is -2.03. The van der Waals surface area contributed by atoms with Gasteiger partial charge < -0.3 is 44.9 Å². The minimum absolute atomic E-state index is 0.00865. The SMILES string of the molecule is COc1c(CC(NC(=O)CC2CCC(NC(CCNC(=O)OC(C)(C)C)C(=O)OC(C)(C)C)CC2)B(O)O)cccc1C(=O)OC(C)(C)C. The molecule has 49 heavy (non-hydrogen) atoms. The van der Waals surface area contributed by atoms with Gasteiger partial charge in [-0.1, -0.05) is 12.1 Å². The van der Waals surface area contributed by atoms with Crippen LogP contribution in [0.4, 0.5) is 4.79 Å². The van der Waals surface area contributed by atoms with Crippen LogP contribution in [-0.2, 0) is 30.2 Å². The summed E-state index contributed by atoms with van der Waals surface area (Å²) in [4.78, 5) is 51.0. The number of nitrogens with one attached hydrogen (secondary N) is 3. The van der Waals surface area contributed by atoms with Crippen LogP contribution in [0.25, 0.3) is 0 Å². The van der Waals surface area contributed by atoms with Gasteiger partial charge in [-0.3, -0.25) is 9.59 Å². The second-order valence-corrected chi connectivity index (χ2v) is 15.7. The molecule has 0 saturated heterocycles. The summed E-state index contributed by atoms with van der Waals surface area (Å²) >= 11 is 0. The fourth-order valence-corrected chi connectivity index (χ4v) is 5.57. The summed E-state index contributed by atoms with van der Waals surface area (Å²) in [5, 5.41) is 29.1. The lowest BCUT2D eigenvalue weighted by atomic mass is 9.75. The summed E-state index contributed by atoms with van der Waals surface area (Å²) in [5.41, 5.74) is -1.31. The first kappa shape index (κ1) is 41.8. The standard InChI is InChI=1S/C35H58BN3O10/c1-33(2,3)47-30(41)25-13-11-12-23(29(25)46-10)21-27(36(44)45)39-28(40)20-22-14-16-24(17-15-22)38-26(31(42)48-34(4,5)6)18-19-37-32(43)49-35(7,8)9/h11-13,22,24,26-27,38,44-45H,14-21H2,1-10H3,(H,37,43)(H,39,40). The van der Waals surface area contributed by atoms with E-state index in [9.17, 15) is 29.2 Å². The van der Waals surface area contributed by atoms with Gasteiger partial charge in [-0.15, -0.1) is 0 Å². The fourth-order valence-electron chi connectivity index (χ4n) is 5.57. The molecule has 14 heteroatoms. The first-order chi connectivity index (χ1) is 22.6. The van der Waals surface area contributed by atoms with Gasteiger partial charge in [0.1, 0.15) is 34.2 Å². The molecule has 1 aliphatic rings. The molecule has 1 fully saturated rings. The van der Waals surface area contributed by atoms with Gasteiger partial charge in [0.15, 0.2) is 0 Å². The van der Waals surface area contributed by atoms with Crippen LogP contribution in [0.15, 0.2) is 18.2 Å². The smallest absolute Gasteiger partial charge is 0.475 e. The third-order valence-corrected chi connectivity index (χ3v) is 7.62. The normalized spacial score (nSPS) is 18.0. The van der Waals surface area contributed by atoms with E-state index in [4.69, 9.17) is 18.9 Å². The predicted molar refractivity (Wildman–Crippen MR) is 186 cm³/mol. The average Bonchev–Trinajstić information content (AvgIpc) is 2.94. The molecule has 13 nitrogen and oxygen atoms in total. The second kappa shape index (κ2) is 18.0. The van der Waals surface area contributed by atoms with Gasteiger partial charge in [0, 0.05) is 19.0 Å². The number of carbonyl (C=O) groups excluding carboxylic acids is 4. The first-order valence-electron chi connectivity index (χ1n) is 17.1. The Hall–Kier alpha value is -3.36. The molecule has 1 aliphatic carbocycles. The van der Waals surface area contributed by atoms with Crippen molar-refractivity contribution in [2.24, 2.45) is 5.92 Å². The summed E-state index contributed by atoms with van der Waals surface area (Å²) < 4.78 is 21.9. The van der Waals surface area contributed by atoms with E-state index < -0.39 is 53.9 Å². The molecule has 1 aromatic carbocycles. The zero-order valence-corrected chi connectivity index (χ0v) is 30.9. The molecule has 0 aromatic heterocycles. The van der Waals surface area contributed by atoms with Crippen LogP contribution in [0.5, 0.6) is 5.75 Å². The van der Waals surface area contributed by atoms with Gasteiger partial charge in [-0.25, -0.2) is 9.59 Å². The number of benzene rings is 1. The second-order valence-electron chi connectivity index (χ2n) is 15.7. The molecule has 5 N–H and O–H groups in total. The highest BCUT2D eigenvalue weighted by molar-refractivity contribution is 6.43. The Bertz CT molecular complexity index is 1260. The molecule has 2 unspecified atom stereocenters. The Morgan fingerprint density at radius 1 is 0.878 bits per heavy atom. The maximum atomic E-state index is 13.1. The van der Waals surface area contributed by atoms with Gasteiger partial charge >= 0.3 is 25.2 Å². The summed E-state index contributed by atoms with van der Waals surface area (Å²) in [6.07, 6.45) is 2.84. The van der Waals surface area contributed by atoms with Gasteiger partial charge in [-0.05, 0) is 118 Å². The van der Waals surface area contributed by atoms with E-state index in [-0.39, 0.29) is 48.6 Å². The molecule has 2 amide bonds. The van der Waals surface area contributed by atoms with E-state index >= 15 is 0 Å². The summed E-state index contributed by atoms with van der Waals surface area (Å²) in [7, 11) is -0.439. The zero-order chi connectivity index (χ0) is 37.2. The Morgan fingerprint density at radius 2 is 1.47 bits per heavy atom. The first-order valence-corrected chi connectivity index (χ1v) is 17.1. The van der Waals surface area contributed by atoms with Crippen LogP contribution in [0.2, 0.25) is 0 Å². The number of esters is 2. The third kappa shape index (κ3) is 15.8. The quantitative estimate of drug-likeness (QED) is 0.109. The summed E-state index contributed by atoms with van der Waals surface area (Å²) in [6, 6.07) is 4.28. The highest BCUT2D eigenvalue weighted by Gasteiger charge is 2.32. The zero-order valence-electron chi connectivity index (χ0n) is 30.9. The van der Waals surface area contributed by atoms with E-state index in [0.717, 1.165) is 25.7 Å². The molecule has 0 heterocycles. The number of ether oxygens (including phenoxy) is 4. The predicted octanol–water partition coefficient (Wildman–Crippen LogP) is 3.85. The number of alkyl carbamates (subject to hydrolysis) is 1. The number of hydrogen-bond acceptors (Lipinski definition) is 11. The molecular weight excluding hydrogens is 633 g/mol. The molecule has 2 rings (SSSR count). The Morgan fingerprint density at radius 3 is 2.00 bits per heavy atom. The van der Waals surface area contributed by atoms with E-state index in [1.54, 1.807) is 80.5 Å². The van der Waals surface area contributed by atoms with Crippen molar-refractivity contribution in [2.75, 3.05) is 13.7 Å². The number of methoxy groups -OCH3 is 1. The molecule has 0 aliphatic heterocycles. The monoisotopic (exact) mass is 691 g/mol. The number of amides is 2. The van der Waals surface area contributed by atoms with Crippen LogP contribution >= 0.6 is 0 Å². The van der Waals surface area contributed by atoms with Crippen LogP contribution < -0.4 is 20.7 Å². The molecule has 1 aromatic rings. The number of hydrogen-bond donors (Lipinski definition) is 5. The van der Waals surface area contributed by atoms with Crippen LogP contribution in [0, 0.1) is 5.92 Å². The number of carbonyl (C=O) groups is 4. The molecule has 1 saturated carbocycles. The number of rotatable bonds is 14. The van der Waals surface area contributed by atoms with Crippen molar-refractivity contribution in [1.29, 1.82) is 0 Å². The van der Waals surface area contributed by atoms with Crippen molar-refractivity contribution >= 4 is 31.1 Å². The van der Waals surface area contributed by atoms with Crippen LogP contribution in [-0.4, -0.2) is 89.6 Å². The molecule has 0 radical (unpaired) electrons. The fraction of sp³-hybridized carbons (Fsp3) is 0.714. The minimum Gasteiger partial charge on any atom is -0.496 e. The molecule has 276 valence electrons. The average molecular weight is 692 g/mol. The highest BCUT2D eigenvalue weighted by Crippen LogP contribution is 2.29. The van der Waals surface area contributed by atoms with Crippen molar-refractivity contribution in [3.63, 3.8) is 0 Å². The molecule has 0 spiro atoms. The van der Waals surface area contributed by atoms with E-state index in [1.807, 2.05) is 0 Å². The lowest BCUT2D eigenvalue weighted by Crippen LogP contribution is -2.49. The van der Waals surface area contributed by atoms with Gasteiger partial charge in [0.2, 0.25) is 5.91 Å². The van der Waals surface area contributed by atoms with Crippen molar-refractivity contribution in [1.82, 2.24) is 16.0 Å². The number of para-hydroxylation sites is 1. The van der Waals surface area contributed by atoms with E-state index in [2.05, 4.69) is 16.0 Å². The third-order valence-electron chi connectivity index (χ3n) is 7.62. The summed E-state index contributed by atoms with van der Waals surface area (Å²) in [6.45, 7) is 16.2. The van der Waals surface area contributed by atoms with Gasteiger partial charge in [-0.2, -0.15) is 0 Å². The Kier molecular flexibility index (Phi) is 15.4. The van der Waals surface area contributed by atoms with E-state index in [1.165, 1.54) is 7.11 Å². The maximum absolute atomic E-state index is 13.1.